The number of aliphatic hydroxyl groups is 1. The molecule has 94 valence electrons. The van der Waals surface area contributed by atoms with Gasteiger partial charge in [-0.15, -0.1) is 11.8 Å². The average molecular weight is 267 g/mol. The molecule has 0 aliphatic carbocycles. The van der Waals surface area contributed by atoms with Crippen LogP contribution < -0.4 is 0 Å². The van der Waals surface area contributed by atoms with E-state index in [-0.39, 0.29) is 11.4 Å². The summed E-state index contributed by atoms with van der Waals surface area (Å²) >= 11 is 1.34. The number of halogens is 2. The summed E-state index contributed by atoms with van der Waals surface area (Å²) in [5.41, 5.74) is 0.222. The van der Waals surface area contributed by atoms with Crippen LogP contribution in [0.25, 0.3) is 0 Å². The molecule has 0 bridgehead atoms. The second-order valence-electron chi connectivity index (χ2n) is 3.68. The minimum absolute atomic E-state index is 0.222. The zero-order valence-corrected chi connectivity index (χ0v) is 10.2. The number of aromatic nitrogens is 1. The summed E-state index contributed by atoms with van der Waals surface area (Å²) in [6, 6.07) is 7.39. The van der Waals surface area contributed by atoms with Gasteiger partial charge in [-0.05, 0) is 30.3 Å². The second-order valence-corrected chi connectivity index (χ2v) is 4.77. The molecule has 2 aromatic rings. The number of thioether (sulfide) groups is 1. The molecule has 1 atom stereocenters. The van der Waals surface area contributed by atoms with E-state index in [2.05, 4.69) is 4.98 Å². The van der Waals surface area contributed by atoms with Crippen molar-refractivity contribution in [2.45, 2.75) is 11.0 Å². The van der Waals surface area contributed by atoms with Crippen LogP contribution in [0, 0.1) is 11.6 Å². The Kier molecular flexibility index (Phi) is 4.28. The fourth-order valence-corrected chi connectivity index (χ4v) is 2.31. The maximum atomic E-state index is 13.3. The molecule has 1 N–H and O–H groups in total. The highest BCUT2D eigenvalue weighted by Crippen LogP contribution is 2.25. The van der Waals surface area contributed by atoms with Crippen molar-refractivity contribution >= 4 is 11.8 Å². The Morgan fingerprint density at radius 1 is 1.17 bits per heavy atom. The van der Waals surface area contributed by atoms with E-state index in [4.69, 9.17) is 0 Å². The van der Waals surface area contributed by atoms with Crippen LogP contribution in [0.4, 0.5) is 8.78 Å². The molecule has 0 amide bonds. The minimum atomic E-state index is -0.914. The Balaban J connectivity index is 1.98. The first kappa shape index (κ1) is 13.0. The number of benzene rings is 1. The van der Waals surface area contributed by atoms with Gasteiger partial charge < -0.3 is 5.11 Å². The van der Waals surface area contributed by atoms with Gasteiger partial charge in [0.15, 0.2) is 0 Å². The molecule has 5 heteroatoms. The van der Waals surface area contributed by atoms with E-state index in [0.717, 1.165) is 11.1 Å². The lowest BCUT2D eigenvalue weighted by Crippen LogP contribution is -2.03. The molecule has 0 fully saturated rings. The normalized spacial score (nSPS) is 12.4. The molecule has 1 aromatic heterocycles. The van der Waals surface area contributed by atoms with Gasteiger partial charge in [-0.3, -0.25) is 4.98 Å². The first-order chi connectivity index (χ1) is 8.66. The summed E-state index contributed by atoms with van der Waals surface area (Å²) in [5.74, 6) is -0.531. The third-order valence-corrected chi connectivity index (χ3v) is 3.47. The summed E-state index contributed by atoms with van der Waals surface area (Å²) in [6.45, 7) is 0. The van der Waals surface area contributed by atoms with Gasteiger partial charge in [-0.25, -0.2) is 8.78 Å². The zero-order chi connectivity index (χ0) is 13.0. The lowest BCUT2D eigenvalue weighted by Gasteiger charge is -2.11. The van der Waals surface area contributed by atoms with Gasteiger partial charge in [0.2, 0.25) is 0 Å². The summed E-state index contributed by atoms with van der Waals surface area (Å²) in [4.78, 5) is 4.44. The second kappa shape index (κ2) is 5.93. The highest BCUT2D eigenvalue weighted by atomic mass is 32.2. The van der Waals surface area contributed by atoms with E-state index in [9.17, 15) is 13.9 Å². The van der Waals surface area contributed by atoms with Gasteiger partial charge in [0, 0.05) is 22.4 Å². The van der Waals surface area contributed by atoms with Crippen molar-refractivity contribution in [3.63, 3.8) is 0 Å². The molecule has 1 unspecified atom stereocenters. The van der Waals surface area contributed by atoms with Gasteiger partial charge in [-0.2, -0.15) is 0 Å². The Hall–Kier alpha value is -1.46. The van der Waals surface area contributed by atoms with E-state index in [1.807, 2.05) is 0 Å². The first-order valence-electron chi connectivity index (χ1n) is 5.32. The first-order valence-corrected chi connectivity index (χ1v) is 6.31. The molecule has 0 aliphatic rings. The molecule has 0 aliphatic heterocycles. The number of aliphatic hydroxyl groups excluding tert-OH is 1. The average Bonchev–Trinajstić information content (AvgIpc) is 2.38. The standard InChI is InChI=1S/C13H11F2NOS/c14-9-1-3-10(4-2-9)18-8-13(17)11-5-6-16-7-12(11)15/h1-7,13,17H,8H2. The Morgan fingerprint density at radius 2 is 1.89 bits per heavy atom. The molecule has 1 heterocycles. The van der Waals surface area contributed by atoms with E-state index < -0.39 is 11.9 Å². The van der Waals surface area contributed by atoms with Crippen LogP contribution in [0.3, 0.4) is 0 Å². The van der Waals surface area contributed by atoms with Crippen molar-refractivity contribution in [3.8, 4) is 0 Å². The number of hydrogen-bond acceptors (Lipinski definition) is 3. The van der Waals surface area contributed by atoms with E-state index in [0.29, 0.717) is 5.75 Å². The molecular weight excluding hydrogens is 256 g/mol. The maximum absolute atomic E-state index is 13.3. The highest BCUT2D eigenvalue weighted by Gasteiger charge is 2.12. The molecule has 0 radical (unpaired) electrons. The van der Waals surface area contributed by atoms with Crippen molar-refractivity contribution in [2.75, 3.05) is 5.75 Å². The van der Waals surface area contributed by atoms with Gasteiger partial charge in [0.1, 0.15) is 11.6 Å². The highest BCUT2D eigenvalue weighted by molar-refractivity contribution is 7.99. The Labute approximate surface area is 108 Å². The number of hydrogen-bond donors (Lipinski definition) is 1. The maximum Gasteiger partial charge on any atom is 0.147 e. The fourth-order valence-electron chi connectivity index (χ4n) is 1.45. The van der Waals surface area contributed by atoms with Gasteiger partial charge >= 0.3 is 0 Å². The number of pyridine rings is 1. The SMILES string of the molecule is OC(CSc1ccc(F)cc1)c1ccncc1F. The smallest absolute Gasteiger partial charge is 0.147 e. The van der Waals surface area contributed by atoms with Gasteiger partial charge in [-0.1, -0.05) is 0 Å². The van der Waals surface area contributed by atoms with E-state index in [1.165, 1.54) is 36.2 Å². The van der Waals surface area contributed by atoms with Crippen LogP contribution in [0.2, 0.25) is 0 Å². The predicted molar refractivity (Wildman–Crippen MR) is 66.3 cm³/mol. The quantitative estimate of drug-likeness (QED) is 0.864. The van der Waals surface area contributed by atoms with Crippen molar-refractivity contribution in [2.24, 2.45) is 0 Å². The van der Waals surface area contributed by atoms with Crippen LogP contribution in [0.15, 0.2) is 47.6 Å². The zero-order valence-electron chi connectivity index (χ0n) is 9.38. The number of nitrogens with zero attached hydrogens (tertiary/aromatic N) is 1. The summed E-state index contributed by atoms with van der Waals surface area (Å²) in [7, 11) is 0. The third-order valence-electron chi connectivity index (χ3n) is 2.38. The van der Waals surface area contributed by atoms with Crippen molar-refractivity contribution in [1.82, 2.24) is 4.98 Å². The molecule has 2 rings (SSSR count). The Bertz CT molecular complexity index is 519. The van der Waals surface area contributed by atoms with Crippen molar-refractivity contribution in [3.05, 3.63) is 59.9 Å². The monoisotopic (exact) mass is 267 g/mol. The van der Waals surface area contributed by atoms with Crippen LogP contribution >= 0.6 is 11.8 Å². The molecular formula is C13H11F2NOS. The molecule has 1 aromatic carbocycles. The molecule has 2 nitrogen and oxygen atoms in total. The van der Waals surface area contributed by atoms with Crippen molar-refractivity contribution < 1.29 is 13.9 Å². The van der Waals surface area contributed by atoms with Gasteiger partial charge in [0.05, 0.1) is 12.3 Å². The largest absolute Gasteiger partial charge is 0.387 e. The van der Waals surface area contributed by atoms with Crippen molar-refractivity contribution in [1.29, 1.82) is 0 Å². The Morgan fingerprint density at radius 3 is 2.56 bits per heavy atom. The lowest BCUT2D eigenvalue weighted by atomic mass is 10.2. The molecule has 0 spiro atoms. The van der Waals surface area contributed by atoms with Crippen LogP contribution in [-0.2, 0) is 0 Å². The third kappa shape index (κ3) is 3.27. The van der Waals surface area contributed by atoms with Crippen LogP contribution in [0.5, 0.6) is 0 Å². The molecule has 18 heavy (non-hydrogen) atoms. The van der Waals surface area contributed by atoms with Gasteiger partial charge in [0.25, 0.3) is 0 Å². The molecule has 0 saturated carbocycles. The van der Waals surface area contributed by atoms with E-state index >= 15 is 0 Å². The lowest BCUT2D eigenvalue weighted by molar-refractivity contribution is 0.198. The summed E-state index contributed by atoms with van der Waals surface area (Å²) in [6.07, 6.45) is 1.59. The fraction of sp³-hybridized carbons (Fsp3) is 0.154. The van der Waals surface area contributed by atoms with Crippen LogP contribution in [0.1, 0.15) is 11.7 Å². The van der Waals surface area contributed by atoms with Crippen LogP contribution in [-0.4, -0.2) is 15.8 Å². The van der Waals surface area contributed by atoms with E-state index in [1.54, 1.807) is 12.1 Å². The minimum Gasteiger partial charge on any atom is -0.387 e. The summed E-state index contributed by atoms with van der Waals surface area (Å²) in [5, 5.41) is 9.85. The number of rotatable bonds is 4. The summed E-state index contributed by atoms with van der Waals surface area (Å²) < 4.78 is 26.0. The molecule has 0 saturated heterocycles. The topological polar surface area (TPSA) is 33.1 Å². The predicted octanol–water partition coefficient (Wildman–Crippen LogP) is 3.19.